The molecule has 0 saturated carbocycles. The van der Waals surface area contributed by atoms with Crippen molar-refractivity contribution in [1.82, 2.24) is 4.90 Å². The summed E-state index contributed by atoms with van der Waals surface area (Å²) in [6.07, 6.45) is 6.39. The van der Waals surface area contributed by atoms with Gasteiger partial charge in [-0.3, -0.25) is 4.79 Å². The Morgan fingerprint density at radius 3 is 2.76 bits per heavy atom. The summed E-state index contributed by atoms with van der Waals surface area (Å²) in [6, 6.07) is 1.87. The molecule has 0 spiro atoms. The predicted octanol–water partition coefficient (Wildman–Crippen LogP) is 2.28. The first kappa shape index (κ1) is 15.0. The molecule has 1 fully saturated rings. The largest absolute Gasteiger partial charge is 0.337 e. The lowest BCUT2D eigenvalue weighted by Gasteiger charge is -2.22. The molecule has 1 aromatic heterocycles. The number of hydrogen-bond donors (Lipinski definition) is 0. The van der Waals surface area contributed by atoms with E-state index in [1.807, 2.05) is 6.07 Å². The van der Waals surface area contributed by atoms with E-state index >= 15 is 0 Å². The molecular formula is C15H21NO3S2. The zero-order valence-electron chi connectivity index (χ0n) is 12.3. The van der Waals surface area contributed by atoms with Gasteiger partial charge in [0.25, 0.3) is 5.91 Å². The van der Waals surface area contributed by atoms with Crippen LogP contribution in [0.3, 0.4) is 0 Å². The number of sulfone groups is 1. The topological polar surface area (TPSA) is 54.5 Å². The van der Waals surface area contributed by atoms with Crippen molar-refractivity contribution in [2.45, 2.75) is 44.6 Å². The van der Waals surface area contributed by atoms with Gasteiger partial charge in [-0.25, -0.2) is 8.42 Å². The SMILES string of the molecule is CN(C(=O)c1cc2c(s1)CCCCC2)[C@H]1CCS(=O)(=O)C1. The van der Waals surface area contributed by atoms with Crippen molar-refractivity contribution in [2.75, 3.05) is 18.6 Å². The van der Waals surface area contributed by atoms with E-state index in [0.29, 0.717) is 6.42 Å². The number of nitrogens with zero attached hydrogens (tertiary/aromatic N) is 1. The van der Waals surface area contributed by atoms with Crippen LogP contribution in [0.1, 0.15) is 45.8 Å². The summed E-state index contributed by atoms with van der Waals surface area (Å²) >= 11 is 1.60. The van der Waals surface area contributed by atoms with Gasteiger partial charge in [-0.1, -0.05) is 6.42 Å². The summed E-state index contributed by atoms with van der Waals surface area (Å²) in [7, 11) is -1.22. The van der Waals surface area contributed by atoms with Crippen LogP contribution < -0.4 is 0 Å². The maximum absolute atomic E-state index is 12.6. The summed E-state index contributed by atoms with van der Waals surface area (Å²) in [5, 5.41) is 0. The number of carbonyl (C=O) groups is 1. The van der Waals surface area contributed by atoms with Crippen molar-refractivity contribution >= 4 is 27.1 Å². The van der Waals surface area contributed by atoms with Crippen LogP contribution in [0, 0.1) is 0 Å². The number of aryl methyl sites for hydroxylation is 2. The van der Waals surface area contributed by atoms with E-state index in [0.717, 1.165) is 17.7 Å². The molecule has 1 aliphatic heterocycles. The lowest BCUT2D eigenvalue weighted by Crippen LogP contribution is -2.37. The number of thiophene rings is 1. The summed E-state index contributed by atoms with van der Waals surface area (Å²) in [5.41, 5.74) is 1.33. The molecule has 2 heterocycles. The van der Waals surface area contributed by atoms with Crippen molar-refractivity contribution in [2.24, 2.45) is 0 Å². The highest BCUT2D eigenvalue weighted by Crippen LogP contribution is 2.30. The molecule has 1 amide bonds. The van der Waals surface area contributed by atoms with E-state index < -0.39 is 9.84 Å². The number of rotatable bonds is 2. The van der Waals surface area contributed by atoms with Crippen LogP contribution >= 0.6 is 11.3 Å². The van der Waals surface area contributed by atoms with Crippen molar-refractivity contribution in [3.63, 3.8) is 0 Å². The van der Waals surface area contributed by atoms with Gasteiger partial charge in [-0.2, -0.15) is 0 Å². The second-order valence-corrected chi connectivity index (χ2v) is 9.46. The van der Waals surface area contributed by atoms with E-state index in [2.05, 4.69) is 0 Å². The molecule has 6 heteroatoms. The Bertz CT molecular complexity index is 624. The Kier molecular flexibility index (Phi) is 4.10. The molecule has 2 aliphatic rings. The zero-order chi connectivity index (χ0) is 15.0. The first-order chi connectivity index (χ1) is 9.96. The third-order valence-electron chi connectivity index (χ3n) is 4.53. The molecule has 1 aromatic rings. The van der Waals surface area contributed by atoms with E-state index in [-0.39, 0.29) is 23.5 Å². The smallest absolute Gasteiger partial charge is 0.263 e. The van der Waals surface area contributed by atoms with Crippen molar-refractivity contribution < 1.29 is 13.2 Å². The minimum Gasteiger partial charge on any atom is -0.337 e. The van der Waals surface area contributed by atoms with Crippen LogP contribution in [-0.2, 0) is 22.7 Å². The molecule has 0 aromatic carbocycles. The maximum Gasteiger partial charge on any atom is 0.263 e. The second kappa shape index (κ2) is 5.72. The van der Waals surface area contributed by atoms with E-state index in [9.17, 15) is 13.2 Å². The highest BCUT2D eigenvalue weighted by Gasteiger charge is 2.33. The van der Waals surface area contributed by atoms with Gasteiger partial charge < -0.3 is 4.90 Å². The molecule has 116 valence electrons. The van der Waals surface area contributed by atoms with Crippen molar-refractivity contribution in [3.8, 4) is 0 Å². The van der Waals surface area contributed by atoms with Crippen LogP contribution in [-0.4, -0.2) is 43.8 Å². The van der Waals surface area contributed by atoms with Crippen LogP contribution in [0.5, 0.6) is 0 Å². The van der Waals surface area contributed by atoms with E-state index in [1.165, 1.54) is 29.7 Å². The minimum absolute atomic E-state index is 0.0184. The first-order valence-electron chi connectivity index (χ1n) is 7.55. The van der Waals surface area contributed by atoms with Crippen LogP contribution in [0.4, 0.5) is 0 Å². The van der Waals surface area contributed by atoms with E-state index in [4.69, 9.17) is 0 Å². The molecule has 4 nitrogen and oxygen atoms in total. The second-order valence-electron chi connectivity index (χ2n) is 6.09. The molecule has 3 rings (SSSR count). The van der Waals surface area contributed by atoms with Crippen LogP contribution in [0.25, 0.3) is 0 Å². The summed E-state index contributed by atoms with van der Waals surface area (Å²) in [5.74, 6) is 0.298. The van der Waals surface area contributed by atoms with Crippen molar-refractivity contribution in [1.29, 1.82) is 0 Å². The Balaban J connectivity index is 1.76. The number of hydrogen-bond acceptors (Lipinski definition) is 4. The van der Waals surface area contributed by atoms with Gasteiger partial charge in [0.2, 0.25) is 0 Å². The van der Waals surface area contributed by atoms with Gasteiger partial charge in [0, 0.05) is 18.0 Å². The molecule has 1 aliphatic carbocycles. The normalized spacial score (nSPS) is 24.3. The fourth-order valence-electron chi connectivity index (χ4n) is 3.19. The quantitative estimate of drug-likeness (QED) is 0.783. The van der Waals surface area contributed by atoms with Crippen LogP contribution in [0.15, 0.2) is 6.07 Å². The molecule has 0 N–H and O–H groups in total. The monoisotopic (exact) mass is 327 g/mol. The molecule has 1 saturated heterocycles. The molecule has 0 bridgehead atoms. The molecule has 0 radical (unpaired) electrons. The number of fused-ring (bicyclic) bond motifs is 1. The van der Waals surface area contributed by atoms with Gasteiger partial charge in [-0.05, 0) is 43.7 Å². The lowest BCUT2D eigenvalue weighted by atomic mass is 10.1. The highest BCUT2D eigenvalue weighted by molar-refractivity contribution is 7.91. The maximum atomic E-state index is 12.6. The molecular weight excluding hydrogens is 306 g/mol. The minimum atomic E-state index is -2.95. The van der Waals surface area contributed by atoms with Gasteiger partial charge in [0.1, 0.15) is 0 Å². The average molecular weight is 327 g/mol. The predicted molar refractivity (Wildman–Crippen MR) is 84.7 cm³/mol. The highest BCUT2D eigenvalue weighted by atomic mass is 32.2. The van der Waals surface area contributed by atoms with Gasteiger partial charge in [-0.15, -0.1) is 11.3 Å². The summed E-state index contributed by atoms with van der Waals surface area (Å²) < 4.78 is 23.1. The standard InChI is InChI=1S/C15H21NO3S2/c1-16(12-7-8-21(18,19)10-12)15(17)14-9-11-5-3-2-4-6-13(11)20-14/h9,12H,2-8,10H2,1H3/t12-/m0/s1. The fraction of sp³-hybridized carbons (Fsp3) is 0.667. The Morgan fingerprint density at radius 1 is 1.29 bits per heavy atom. The first-order valence-corrected chi connectivity index (χ1v) is 10.2. The number of amides is 1. The average Bonchev–Trinajstić information content (AvgIpc) is 2.94. The third-order valence-corrected chi connectivity index (χ3v) is 7.51. The van der Waals surface area contributed by atoms with Crippen molar-refractivity contribution in [3.05, 3.63) is 21.4 Å². The lowest BCUT2D eigenvalue weighted by molar-refractivity contribution is 0.0752. The zero-order valence-corrected chi connectivity index (χ0v) is 13.9. The van der Waals surface area contributed by atoms with Crippen LogP contribution in [0.2, 0.25) is 0 Å². The molecule has 1 atom stereocenters. The van der Waals surface area contributed by atoms with Gasteiger partial charge in [0.05, 0.1) is 16.4 Å². The fourth-order valence-corrected chi connectivity index (χ4v) is 6.20. The Morgan fingerprint density at radius 2 is 2.05 bits per heavy atom. The molecule has 21 heavy (non-hydrogen) atoms. The Hall–Kier alpha value is -0.880. The van der Waals surface area contributed by atoms with Gasteiger partial charge in [0.15, 0.2) is 9.84 Å². The van der Waals surface area contributed by atoms with Gasteiger partial charge >= 0.3 is 0 Å². The Labute approximate surface area is 130 Å². The summed E-state index contributed by atoms with van der Waals surface area (Å²) in [6.45, 7) is 0. The summed E-state index contributed by atoms with van der Waals surface area (Å²) in [4.78, 5) is 16.3. The molecule has 0 unspecified atom stereocenters. The van der Waals surface area contributed by atoms with E-state index in [1.54, 1.807) is 23.3 Å². The third kappa shape index (κ3) is 3.16. The number of carbonyl (C=O) groups excluding carboxylic acids is 1.